The van der Waals surface area contributed by atoms with Gasteiger partial charge in [0.15, 0.2) is 0 Å². The summed E-state index contributed by atoms with van der Waals surface area (Å²) in [6.45, 7) is 1.92. The van der Waals surface area contributed by atoms with Crippen molar-refractivity contribution in [3.63, 3.8) is 0 Å². The summed E-state index contributed by atoms with van der Waals surface area (Å²) in [5.74, 6) is 0.0419. The molecule has 0 saturated carbocycles. The highest BCUT2D eigenvalue weighted by molar-refractivity contribution is 7.98. The van der Waals surface area contributed by atoms with E-state index >= 15 is 0 Å². The molecule has 9 heteroatoms. The van der Waals surface area contributed by atoms with E-state index in [1.807, 2.05) is 37.4 Å². The Bertz CT molecular complexity index is 1180. The molecule has 3 aromatic rings. The molecule has 0 aromatic heterocycles. The van der Waals surface area contributed by atoms with Crippen LogP contribution in [0, 0.1) is 0 Å². The number of nitrogens with zero attached hydrogens (tertiary/aromatic N) is 2. The van der Waals surface area contributed by atoms with E-state index in [4.69, 9.17) is 4.74 Å². The lowest BCUT2D eigenvalue weighted by atomic mass is 10.2. The molecule has 1 N–H and O–H groups in total. The van der Waals surface area contributed by atoms with Gasteiger partial charge in [0.05, 0.1) is 23.4 Å². The second kappa shape index (κ2) is 11.5. The third-order valence-electron chi connectivity index (χ3n) is 4.57. The number of benzene rings is 3. The smallest absolute Gasteiger partial charge is 0.264 e. The average Bonchev–Trinajstić information content (AvgIpc) is 2.84. The number of carbonyl (C=O) groups excluding carboxylic acids is 1. The van der Waals surface area contributed by atoms with Crippen molar-refractivity contribution in [3.8, 4) is 5.75 Å². The molecule has 7 nitrogen and oxygen atoms in total. The van der Waals surface area contributed by atoms with Crippen molar-refractivity contribution in [3.05, 3.63) is 84.4 Å². The first-order valence-electron chi connectivity index (χ1n) is 10.2. The fourth-order valence-corrected chi connectivity index (χ4v) is 4.79. The molecule has 0 bridgehead atoms. The fourth-order valence-electron chi connectivity index (χ4n) is 2.94. The first-order valence-corrected chi connectivity index (χ1v) is 12.9. The number of hydrogen-bond donors (Lipinski definition) is 1. The van der Waals surface area contributed by atoms with Gasteiger partial charge in [0, 0.05) is 4.90 Å². The van der Waals surface area contributed by atoms with Gasteiger partial charge in [0.25, 0.3) is 15.9 Å². The van der Waals surface area contributed by atoms with Crippen molar-refractivity contribution in [2.45, 2.75) is 16.7 Å². The van der Waals surface area contributed by atoms with Gasteiger partial charge in [0.2, 0.25) is 0 Å². The second-order valence-corrected chi connectivity index (χ2v) is 9.56. The normalized spacial score (nSPS) is 11.3. The molecule has 1 amide bonds. The van der Waals surface area contributed by atoms with Crippen molar-refractivity contribution >= 4 is 39.6 Å². The Labute approximate surface area is 198 Å². The van der Waals surface area contributed by atoms with Crippen LogP contribution in [0.3, 0.4) is 0 Å². The highest BCUT2D eigenvalue weighted by atomic mass is 32.2. The van der Waals surface area contributed by atoms with Crippen LogP contribution in [0.1, 0.15) is 12.5 Å². The molecule has 0 aliphatic rings. The molecule has 0 aliphatic carbocycles. The predicted octanol–water partition coefficient (Wildman–Crippen LogP) is 4.15. The van der Waals surface area contributed by atoms with Gasteiger partial charge in [-0.05, 0) is 67.3 Å². The van der Waals surface area contributed by atoms with E-state index in [1.165, 1.54) is 18.3 Å². The Kier molecular flexibility index (Phi) is 8.51. The number of carbonyl (C=O) groups is 1. The largest absolute Gasteiger partial charge is 0.494 e. The summed E-state index contributed by atoms with van der Waals surface area (Å²) < 4.78 is 33.1. The van der Waals surface area contributed by atoms with Crippen molar-refractivity contribution in [2.75, 3.05) is 23.7 Å². The third kappa shape index (κ3) is 6.59. The quantitative estimate of drug-likeness (QED) is 0.266. The molecule has 3 aromatic carbocycles. The highest BCUT2D eigenvalue weighted by Crippen LogP contribution is 2.25. The Balaban J connectivity index is 1.79. The van der Waals surface area contributed by atoms with Gasteiger partial charge in [-0.3, -0.25) is 9.10 Å². The van der Waals surface area contributed by atoms with E-state index in [-0.39, 0.29) is 4.90 Å². The Morgan fingerprint density at radius 1 is 1.03 bits per heavy atom. The van der Waals surface area contributed by atoms with Gasteiger partial charge in [-0.1, -0.05) is 30.3 Å². The van der Waals surface area contributed by atoms with Crippen LogP contribution in [0.15, 0.2) is 93.8 Å². The SMILES string of the molecule is CCOc1ccc(N(CC(=O)N/N=C/c2ccc(SC)cc2)S(=O)(=O)c2ccccc2)cc1. The van der Waals surface area contributed by atoms with Crippen LogP contribution in [0.5, 0.6) is 5.75 Å². The van der Waals surface area contributed by atoms with Crippen molar-refractivity contribution in [1.29, 1.82) is 0 Å². The number of ether oxygens (including phenoxy) is 1. The van der Waals surface area contributed by atoms with Gasteiger partial charge in [-0.15, -0.1) is 11.8 Å². The maximum Gasteiger partial charge on any atom is 0.264 e. The van der Waals surface area contributed by atoms with Crippen molar-refractivity contribution < 1.29 is 17.9 Å². The summed E-state index contributed by atoms with van der Waals surface area (Å²) in [7, 11) is -3.98. The van der Waals surface area contributed by atoms with Crippen LogP contribution in [0.2, 0.25) is 0 Å². The van der Waals surface area contributed by atoms with Gasteiger partial charge in [-0.2, -0.15) is 5.10 Å². The number of hydrogen-bond acceptors (Lipinski definition) is 6. The summed E-state index contributed by atoms with van der Waals surface area (Å²) in [5, 5.41) is 3.96. The Hall–Kier alpha value is -3.30. The molecule has 33 heavy (non-hydrogen) atoms. The molecule has 0 spiro atoms. The zero-order chi connectivity index (χ0) is 23.7. The average molecular weight is 484 g/mol. The van der Waals surface area contributed by atoms with Gasteiger partial charge in [-0.25, -0.2) is 13.8 Å². The standard InChI is InChI=1S/C24H25N3O4S2/c1-3-31-21-13-11-20(12-14-21)27(33(29,30)23-7-5-4-6-8-23)18-24(28)26-25-17-19-9-15-22(32-2)16-10-19/h4-17H,3,18H2,1-2H3,(H,26,28)/b25-17+. The number of anilines is 1. The molecule has 0 heterocycles. The molecule has 0 aliphatic heterocycles. The van der Waals surface area contributed by atoms with Gasteiger partial charge in [0.1, 0.15) is 12.3 Å². The molecular weight excluding hydrogens is 458 g/mol. The molecule has 172 valence electrons. The monoisotopic (exact) mass is 483 g/mol. The molecule has 0 unspecified atom stereocenters. The first-order chi connectivity index (χ1) is 15.9. The Morgan fingerprint density at radius 3 is 2.30 bits per heavy atom. The zero-order valence-corrected chi connectivity index (χ0v) is 20.0. The van der Waals surface area contributed by atoms with E-state index in [0.717, 1.165) is 14.8 Å². The summed E-state index contributed by atoms with van der Waals surface area (Å²) in [6, 6.07) is 22.2. The minimum atomic E-state index is -3.98. The molecule has 0 atom stereocenters. The van der Waals surface area contributed by atoms with E-state index in [1.54, 1.807) is 54.2 Å². The maximum atomic E-state index is 13.3. The van der Waals surface area contributed by atoms with Crippen LogP contribution < -0.4 is 14.5 Å². The minimum absolute atomic E-state index is 0.0871. The predicted molar refractivity (Wildman–Crippen MR) is 133 cm³/mol. The van der Waals surface area contributed by atoms with E-state index < -0.39 is 22.5 Å². The van der Waals surface area contributed by atoms with E-state index in [2.05, 4.69) is 10.5 Å². The summed E-state index contributed by atoms with van der Waals surface area (Å²) in [6.07, 6.45) is 3.50. The number of amides is 1. The number of hydrazone groups is 1. The first kappa shape index (κ1) is 24.3. The van der Waals surface area contributed by atoms with Crippen LogP contribution >= 0.6 is 11.8 Å². The summed E-state index contributed by atoms with van der Waals surface area (Å²) in [4.78, 5) is 13.8. The molecule has 0 saturated heterocycles. The molecule has 3 rings (SSSR count). The van der Waals surface area contributed by atoms with Gasteiger partial charge < -0.3 is 4.74 Å². The van der Waals surface area contributed by atoms with Gasteiger partial charge >= 0.3 is 0 Å². The van der Waals surface area contributed by atoms with Crippen molar-refractivity contribution in [1.82, 2.24) is 5.43 Å². The summed E-state index contributed by atoms with van der Waals surface area (Å²) in [5.41, 5.74) is 3.56. The summed E-state index contributed by atoms with van der Waals surface area (Å²) >= 11 is 1.63. The molecule has 0 fully saturated rings. The van der Waals surface area contributed by atoms with Crippen LogP contribution in [0.25, 0.3) is 0 Å². The van der Waals surface area contributed by atoms with Crippen LogP contribution in [-0.4, -0.2) is 39.9 Å². The van der Waals surface area contributed by atoms with Crippen LogP contribution in [0.4, 0.5) is 5.69 Å². The van der Waals surface area contributed by atoms with Crippen LogP contribution in [-0.2, 0) is 14.8 Å². The van der Waals surface area contributed by atoms with Crippen molar-refractivity contribution in [2.24, 2.45) is 5.10 Å². The Morgan fingerprint density at radius 2 is 1.70 bits per heavy atom. The molecular formula is C24H25N3O4S2. The lowest BCUT2D eigenvalue weighted by molar-refractivity contribution is -0.119. The fraction of sp³-hybridized carbons (Fsp3) is 0.167. The third-order valence-corrected chi connectivity index (χ3v) is 7.10. The lowest BCUT2D eigenvalue weighted by Gasteiger charge is -2.24. The topological polar surface area (TPSA) is 88.1 Å². The van der Waals surface area contributed by atoms with E-state index in [9.17, 15) is 13.2 Å². The van der Waals surface area contributed by atoms with E-state index in [0.29, 0.717) is 18.0 Å². The second-order valence-electron chi connectivity index (χ2n) is 6.82. The number of thioether (sulfide) groups is 1. The lowest BCUT2D eigenvalue weighted by Crippen LogP contribution is -2.39. The minimum Gasteiger partial charge on any atom is -0.494 e. The number of nitrogens with one attached hydrogen (secondary N) is 1. The zero-order valence-electron chi connectivity index (χ0n) is 18.3. The maximum absolute atomic E-state index is 13.3. The number of sulfonamides is 1. The highest BCUT2D eigenvalue weighted by Gasteiger charge is 2.27. The number of rotatable bonds is 10. The molecule has 0 radical (unpaired) electrons.